The lowest BCUT2D eigenvalue weighted by Gasteiger charge is -2.22. The molecule has 1 rings (SSSR count). The van der Waals surface area contributed by atoms with Crippen molar-refractivity contribution in [1.29, 1.82) is 0 Å². The summed E-state index contributed by atoms with van der Waals surface area (Å²) in [6.45, 7) is 11.1. The standard InChI is InChI=1S/C21H36N2O/c1-5-7-9-10-11-16-23(15-8-6-2)17-20(24)22-21-18(3)13-12-14-19(21)4/h12-14H,5-11,15-17H2,1-4H3,(H,22,24). The van der Waals surface area contributed by atoms with Crippen molar-refractivity contribution in [2.45, 2.75) is 72.6 Å². The van der Waals surface area contributed by atoms with Gasteiger partial charge in [-0.25, -0.2) is 0 Å². The van der Waals surface area contributed by atoms with Crippen LogP contribution in [0.2, 0.25) is 0 Å². The minimum Gasteiger partial charge on any atom is -0.324 e. The van der Waals surface area contributed by atoms with Crippen molar-refractivity contribution in [1.82, 2.24) is 4.90 Å². The van der Waals surface area contributed by atoms with Gasteiger partial charge < -0.3 is 5.32 Å². The molecule has 0 spiro atoms. The summed E-state index contributed by atoms with van der Waals surface area (Å²) in [6, 6.07) is 6.13. The molecule has 1 aromatic carbocycles. The number of amides is 1. The monoisotopic (exact) mass is 332 g/mol. The molecule has 136 valence electrons. The van der Waals surface area contributed by atoms with Gasteiger partial charge in [0, 0.05) is 5.69 Å². The Morgan fingerprint density at radius 1 is 0.917 bits per heavy atom. The van der Waals surface area contributed by atoms with Crippen LogP contribution in [0.4, 0.5) is 5.69 Å². The van der Waals surface area contributed by atoms with Gasteiger partial charge in [-0.2, -0.15) is 0 Å². The third-order valence-electron chi connectivity index (χ3n) is 4.52. The first-order chi connectivity index (χ1) is 11.6. The number of nitrogens with one attached hydrogen (secondary N) is 1. The molecule has 0 saturated carbocycles. The quantitative estimate of drug-likeness (QED) is 0.526. The highest BCUT2D eigenvalue weighted by Crippen LogP contribution is 2.19. The predicted molar refractivity (Wildman–Crippen MR) is 105 cm³/mol. The molecule has 24 heavy (non-hydrogen) atoms. The smallest absolute Gasteiger partial charge is 0.238 e. The van der Waals surface area contributed by atoms with E-state index in [0.717, 1.165) is 36.3 Å². The highest BCUT2D eigenvalue weighted by Gasteiger charge is 2.12. The second-order valence-electron chi connectivity index (χ2n) is 6.86. The van der Waals surface area contributed by atoms with Crippen molar-refractivity contribution in [2.24, 2.45) is 0 Å². The molecule has 1 aromatic rings. The van der Waals surface area contributed by atoms with Crippen molar-refractivity contribution >= 4 is 11.6 Å². The molecule has 0 radical (unpaired) electrons. The van der Waals surface area contributed by atoms with Gasteiger partial charge in [-0.15, -0.1) is 0 Å². The van der Waals surface area contributed by atoms with E-state index in [9.17, 15) is 4.79 Å². The summed E-state index contributed by atoms with van der Waals surface area (Å²) in [6.07, 6.45) is 8.71. The maximum Gasteiger partial charge on any atom is 0.238 e. The highest BCUT2D eigenvalue weighted by atomic mass is 16.2. The molecule has 3 nitrogen and oxygen atoms in total. The summed E-state index contributed by atoms with van der Waals surface area (Å²) in [5.41, 5.74) is 3.23. The lowest BCUT2D eigenvalue weighted by molar-refractivity contribution is -0.117. The third kappa shape index (κ3) is 7.96. The summed E-state index contributed by atoms with van der Waals surface area (Å²) in [7, 11) is 0. The molecule has 0 atom stereocenters. The number of hydrogen-bond acceptors (Lipinski definition) is 2. The first kappa shape index (κ1) is 20.7. The van der Waals surface area contributed by atoms with Crippen LogP contribution in [0, 0.1) is 13.8 Å². The molecule has 0 unspecified atom stereocenters. The Morgan fingerprint density at radius 3 is 2.12 bits per heavy atom. The van der Waals surface area contributed by atoms with Gasteiger partial charge >= 0.3 is 0 Å². The predicted octanol–water partition coefficient (Wildman–Crippen LogP) is 5.31. The summed E-state index contributed by atoms with van der Waals surface area (Å²) in [5, 5.41) is 3.12. The van der Waals surface area contributed by atoms with Gasteiger partial charge in [-0.1, -0.05) is 64.2 Å². The molecule has 0 bridgehead atoms. The molecular formula is C21H36N2O. The summed E-state index contributed by atoms with van der Waals surface area (Å²) < 4.78 is 0. The number of rotatable bonds is 12. The second-order valence-corrected chi connectivity index (χ2v) is 6.86. The minimum atomic E-state index is 0.108. The number of anilines is 1. The van der Waals surface area contributed by atoms with E-state index < -0.39 is 0 Å². The number of carbonyl (C=O) groups excluding carboxylic acids is 1. The van der Waals surface area contributed by atoms with Gasteiger partial charge in [0.05, 0.1) is 6.54 Å². The van der Waals surface area contributed by atoms with Gasteiger partial charge in [0.25, 0.3) is 0 Å². The molecule has 0 heterocycles. The molecule has 0 aliphatic rings. The van der Waals surface area contributed by atoms with E-state index in [1.165, 1.54) is 38.5 Å². The average molecular weight is 333 g/mol. The maximum absolute atomic E-state index is 12.5. The fourth-order valence-corrected chi connectivity index (χ4v) is 2.98. The molecule has 0 aliphatic carbocycles. The van der Waals surface area contributed by atoms with E-state index in [1.807, 2.05) is 32.0 Å². The van der Waals surface area contributed by atoms with Crippen molar-refractivity contribution in [3.63, 3.8) is 0 Å². The molecule has 0 aliphatic heterocycles. The summed E-state index contributed by atoms with van der Waals surface area (Å²) >= 11 is 0. The summed E-state index contributed by atoms with van der Waals surface area (Å²) in [4.78, 5) is 14.8. The van der Waals surface area contributed by atoms with Gasteiger partial charge in [0.2, 0.25) is 5.91 Å². The number of nitrogens with zero attached hydrogens (tertiary/aromatic N) is 1. The molecular weight excluding hydrogens is 296 g/mol. The van der Waals surface area contributed by atoms with Gasteiger partial charge in [0.15, 0.2) is 0 Å². The van der Waals surface area contributed by atoms with Gasteiger partial charge in [-0.3, -0.25) is 9.69 Å². The van der Waals surface area contributed by atoms with Gasteiger partial charge in [-0.05, 0) is 50.9 Å². The topological polar surface area (TPSA) is 32.3 Å². The lowest BCUT2D eigenvalue weighted by atomic mass is 10.1. The molecule has 0 aromatic heterocycles. The van der Waals surface area contributed by atoms with Crippen molar-refractivity contribution in [2.75, 3.05) is 25.0 Å². The van der Waals surface area contributed by atoms with E-state index in [1.54, 1.807) is 0 Å². The molecule has 1 N–H and O–H groups in total. The summed E-state index contributed by atoms with van der Waals surface area (Å²) in [5.74, 6) is 0.108. The van der Waals surface area contributed by atoms with Crippen molar-refractivity contribution < 1.29 is 4.79 Å². The lowest BCUT2D eigenvalue weighted by Crippen LogP contribution is -2.35. The number of para-hydroxylation sites is 1. The van der Waals surface area contributed by atoms with Crippen LogP contribution in [0.3, 0.4) is 0 Å². The Kier molecular flexibility index (Phi) is 10.4. The molecule has 0 saturated heterocycles. The Balaban J connectivity index is 2.50. The fourth-order valence-electron chi connectivity index (χ4n) is 2.98. The zero-order valence-electron chi connectivity index (χ0n) is 16.2. The van der Waals surface area contributed by atoms with Crippen LogP contribution in [-0.4, -0.2) is 30.4 Å². The number of aryl methyl sites for hydroxylation is 2. The van der Waals surface area contributed by atoms with E-state index >= 15 is 0 Å². The van der Waals surface area contributed by atoms with Crippen LogP contribution in [0.25, 0.3) is 0 Å². The first-order valence-electron chi connectivity index (χ1n) is 9.66. The van der Waals surface area contributed by atoms with Crippen LogP contribution < -0.4 is 5.32 Å². The highest BCUT2D eigenvalue weighted by molar-refractivity contribution is 5.93. The Morgan fingerprint density at radius 2 is 1.50 bits per heavy atom. The van der Waals surface area contributed by atoms with E-state index in [2.05, 4.69) is 24.1 Å². The number of carbonyl (C=O) groups is 1. The van der Waals surface area contributed by atoms with Crippen LogP contribution in [0.1, 0.15) is 69.9 Å². The Hall–Kier alpha value is -1.35. The van der Waals surface area contributed by atoms with E-state index in [-0.39, 0.29) is 5.91 Å². The first-order valence-corrected chi connectivity index (χ1v) is 9.66. The Bertz CT molecular complexity index is 464. The zero-order chi connectivity index (χ0) is 17.8. The number of unbranched alkanes of at least 4 members (excludes halogenated alkanes) is 5. The number of benzene rings is 1. The SMILES string of the molecule is CCCCCCCN(CCCC)CC(=O)Nc1c(C)cccc1C. The average Bonchev–Trinajstić information content (AvgIpc) is 2.55. The van der Waals surface area contributed by atoms with Crippen molar-refractivity contribution in [3.05, 3.63) is 29.3 Å². The minimum absolute atomic E-state index is 0.108. The normalized spacial score (nSPS) is 11.0. The van der Waals surface area contributed by atoms with E-state index in [4.69, 9.17) is 0 Å². The largest absolute Gasteiger partial charge is 0.324 e. The van der Waals surface area contributed by atoms with Crippen LogP contribution >= 0.6 is 0 Å². The second kappa shape index (κ2) is 12.1. The Labute approximate surface area is 148 Å². The van der Waals surface area contributed by atoms with Crippen molar-refractivity contribution in [3.8, 4) is 0 Å². The van der Waals surface area contributed by atoms with E-state index in [0.29, 0.717) is 6.54 Å². The van der Waals surface area contributed by atoms with Crippen LogP contribution in [0.15, 0.2) is 18.2 Å². The fraction of sp³-hybridized carbons (Fsp3) is 0.667. The maximum atomic E-state index is 12.5. The van der Waals surface area contributed by atoms with Crippen LogP contribution in [-0.2, 0) is 4.79 Å². The number of hydrogen-bond donors (Lipinski definition) is 1. The van der Waals surface area contributed by atoms with Crippen LogP contribution in [0.5, 0.6) is 0 Å². The zero-order valence-corrected chi connectivity index (χ0v) is 16.2. The van der Waals surface area contributed by atoms with Gasteiger partial charge in [0.1, 0.15) is 0 Å². The molecule has 1 amide bonds. The molecule has 0 fully saturated rings. The third-order valence-corrected chi connectivity index (χ3v) is 4.52. The molecule has 3 heteroatoms.